The van der Waals surface area contributed by atoms with E-state index in [4.69, 9.17) is 10.4 Å². The molecule has 0 bridgehead atoms. The Morgan fingerprint density at radius 3 is 2.27 bits per heavy atom. The summed E-state index contributed by atoms with van der Waals surface area (Å²) in [5.74, 6) is 0. The summed E-state index contributed by atoms with van der Waals surface area (Å²) in [6, 6.07) is 8.28. The van der Waals surface area contributed by atoms with Crippen LogP contribution in [0, 0.1) is 11.3 Å². The second-order valence-electron chi connectivity index (χ2n) is 3.26. The molecule has 0 heterocycles. The second kappa shape index (κ2) is 5.47. The lowest BCUT2D eigenvalue weighted by Crippen LogP contribution is -2.19. The molecule has 0 saturated carbocycles. The summed E-state index contributed by atoms with van der Waals surface area (Å²) < 4.78 is 0. The molecule has 0 aliphatic heterocycles. The van der Waals surface area contributed by atoms with Gasteiger partial charge in [0.05, 0.1) is 17.7 Å². The highest BCUT2D eigenvalue weighted by atomic mass is 16.3. The normalized spacial score (nSPS) is 14.3. The number of hydrogen-bond acceptors (Lipinski definition) is 4. The van der Waals surface area contributed by atoms with Crippen molar-refractivity contribution in [1.29, 1.82) is 5.26 Å². The highest BCUT2D eigenvalue weighted by molar-refractivity contribution is 5.32. The Morgan fingerprint density at radius 1 is 1.20 bits per heavy atom. The van der Waals surface area contributed by atoms with E-state index < -0.39 is 12.2 Å². The van der Waals surface area contributed by atoms with Gasteiger partial charge in [-0.3, -0.25) is 0 Å². The van der Waals surface area contributed by atoms with Crippen LogP contribution in [0.3, 0.4) is 0 Å². The van der Waals surface area contributed by atoms with Crippen molar-refractivity contribution >= 4 is 0 Å². The molecule has 1 rings (SSSR count). The van der Waals surface area contributed by atoms with Crippen molar-refractivity contribution in [2.75, 3.05) is 6.61 Å². The third-order valence-corrected chi connectivity index (χ3v) is 2.17. The van der Waals surface area contributed by atoms with Crippen LogP contribution < -0.4 is 0 Å². The molecule has 4 nitrogen and oxygen atoms in total. The van der Waals surface area contributed by atoms with Crippen molar-refractivity contribution in [2.45, 2.75) is 18.6 Å². The van der Waals surface area contributed by atoms with Gasteiger partial charge in [-0.05, 0) is 24.1 Å². The first-order valence-corrected chi connectivity index (χ1v) is 4.66. The number of hydrogen-bond donors (Lipinski definition) is 3. The van der Waals surface area contributed by atoms with Gasteiger partial charge in [0, 0.05) is 6.61 Å². The zero-order valence-electron chi connectivity index (χ0n) is 8.17. The fourth-order valence-electron chi connectivity index (χ4n) is 1.27. The standard InChI is InChI=1S/C11H13NO3/c12-7-8-1-3-9(4-2-8)11(15)10(14)5-6-13/h1-4,10-11,13-15H,5-6H2. The summed E-state index contributed by atoms with van der Waals surface area (Å²) in [5.41, 5.74) is 1.04. The Hall–Kier alpha value is -1.41. The first-order chi connectivity index (χ1) is 7.19. The largest absolute Gasteiger partial charge is 0.396 e. The molecule has 0 aliphatic carbocycles. The molecule has 0 aromatic heterocycles. The zero-order chi connectivity index (χ0) is 11.3. The molecule has 2 unspecified atom stereocenters. The van der Waals surface area contributed by atoms with E-state index >= 15 is 0 Å². The molecule has 1 aromatic carbocycles. The van der Waals surface area contributed by atoms with Gasteiger partial charge in [0.25, 0.3) is 0 Å². The van der Waals surface area contributed by atoms with Gasteiger partial charge in [0.2, 0.25) is 0 Å². The van der Waals surface area contributed by atoms with E-state index in [0.29, 0.717) is 11.1 Å². The van der Waals surface area contributed by atoms with Gasteiger partial charge in [-0.15, -0.1) is 0 Å². The maximum atomic E-state index is 9.64. The molecule has 3 N–H and O–H groups in total. The average molecular weight is 207 g/mol. The molecule has 0 amide bonds. The fourth-order valence-corrected chi connectivity index (χ4v) is 1.27. The molecule has 2 atom stereocenters. The Kier molecular flexibility index (Phi) is 4.25. The molecule has 0 fully saturated rings. The highest BCUT2D eigenvalue weighted by Crippen LogP contribution is 2.18. The van der Waals surface area contributed by atoms with Crippen LogP contribution in [0.2, 0.25) is 0 Å². The van der Waals surface area contributed by atoms with Crippen LogP contribution in [0.25, 0.3) is 0 Å². The van der Waals surface area contributed by atoms with Crippen molar-refractivity contribution in [2.24, 2.45) is 0 Å². The van der Waals surface area contributed by atoms with Crippen LogP contribution >= 0.6 is 0 Å². The minimum absolute atomic E-state index is 0.126. The van der Waals surface area contributed by atoms with E-state index in [-0.39, 0.29) is 13.0 Å². The number of aliphatic hydroxyl groups is 3. The third kappa shape index (κ3) is 3.03. The van der Waals surface area contributed by atoms with Crippen LogP contribution in [-0.4, -0.2) is 28.0 Å². The number of nitrogens with zero attached hydrogens (tertiary/aromatic N) is 1. The lowest BCUT2D eigenvalue weighted by atomic mass is 10.0. The Bertz CT molecular complexity index is 342. The monoisotopic (exact) mass is 207 g/mol. The molecule has 0 spiro atoms. The van der Waals surface area contributed by atoms with Crippen molar-refractivity contribution in [3.63, 3.8) is 0 Å². The van der Waals surface area contributed by atoms with E-state index in [2.05, 4.69) is 0 Å². The van der Waals surface area contributed by atoms with Crippen molar-refractivity contribution in [3.05, 3.63) is 35.4 Å². The van der Waals surface area contributed by atoms with E-state index in [1.165, 1.54) is 0 Å². The molecule has 80 valence electrons. The molecule has 0 radical (unpaired) electrons. The minimum atomic E-state index is -1.02. The van der Waals surface area contributed by atoms with Crippen LogP contribution in [0.4, 0.5) is 0 Å². The van der Waals surface area contributed by atoms with E-state index in [1.807, 2.05) is 6.07 Å². The number of benzene rings is 1. The molecule has 1 aromatic rings. The lowest BCUT2D eigenvalue weighted by Gasteiger charge is -2.16. The van der Waals surface area contributed by atoms with E-state index in [0.717, 1.165) is 0 Å². The SMILES string of the molecule is N#Cc1ccc(C(O)C(O)CCO)cc1. The highest BCUT2D eigenvalue weighted by Gasteiger charge is 2.17. The lowest BCUT2D eigenvalue weighted by molar-refractivity contribution is 0.00421. The number of nitriles is 1. The Balaban J connectivity index is 2.74. The van der Waals surface area contributed by atoms with Crippen LogP contribution in [0.15, 0.2) is 24.3 Å². The summed E-state index contributed by atoms with van der Waals surface area (Å²) in [6.07, 6.45) is -1.88. The van der Waals surface area contributed by atoms with Crippen LogP contribution in [0.1, 0.15) is 23.7 Å². The first kappa shape index (κ1) is 11.7. The van der Waals surface area contributed by atoms with Gasteiger partial charge >= 0.3 is 0 Å². The fraction of sp³-hybridized carbons (Fsp3) is 0.364. The minimum Gasteiger partial charge on any atom is -0.396 e. The van der Waals surface area contributed by atoms with Gasteiger partial charge in [-0.25, -0.2) is 0 Å². The summed E-state index contributed by atoms with van der Waals surface area (Å²) in [6.45, 7) is -0.172. The number of aliphatic hydroxyl groups excluding tert-OH is 3. The van der Waals surface area contributed by atoms with E-state index in [9.17, 15) is 10.2 Å². The topological polar surface area (TPSA) is 84.5 Å². The molecular formula is C11H13NO3. The molecule has 0 saturated heterocycles. The van der Waals surface area contributed by atoms with Crippen molar-refractivity contribution < 1.29 is 15.3 Å². The predicted molar refractivity (Wildman–Crippen MR) is 53.8 cm³/mol. The smallest absolute Gasteiger partial charge is 0.105 e. The van der Waals surface area contributed by atoms with Crippen molar-refractivity contribution in [1.82, 2.24) is 0 Å². The maximum Gasteiger partial charge on any atom is 0.105 e. The van der Waals surface area contributed by atoms with Gasteiger partial charge in [-0.2, -0.15) is 5.26 Å². The zero-order valence-corrected chi connectivity index (χ0v) is 8.17. The summed E-state index contributed by atoms with van der Waals surface area (Å²) in [4.78, 5) is 0. The molecular weight excluding hydrogens is 194 g/mol. The second-order valence-corrected chi connectivity index (χ2v) is 3.26. The Labute approximate surface area is 88.0 Å². The van der Waals surface area contributed by atoms with Gasteiger partial charge < -0.3 is 15.3 Å². The van der Waals surface area contributed by atoms with Gasteiger partial charge in [0.1, 0.15) is 6.10 Å². The number of rotatable bonds is 4. The van der Waals surface area contributed by atoms with Crippen molar-refractivity contribution in [3.8, 4) is 6.07 Å². The third-order valence-electron chi connectivity index (χ3n) is 2.17. The van der Waals surface area contributed by atoms with E-state index in [1.54, 1.807) is 24.3 Å². The quantitative estimate of drug-likeness (QED) is 0.664. The molecule has 15 heavy (non-hydrogen) atoms. The van der Waals surface area contributed by atoms with Crippen LogP contribution in [0.5, 0.6) is 0 Å². The summed E-state index contributed by atoms with van der Waals surface area (Å²) >= 11 is 0. The predicted octanol–water partition coefficient (Wildman–Crippen LogP) is 0.335. The van der Waals surface area contributed by atoms with Gasteiger partial charge in [-0.1, -0.05) is 12.1 Å². The molecule has 4 heteroatoms. The summed E-state index contributed by atoms with van der Waals surface area (Å²) in [5, 5.41) is 36.2. The van der Waals surface area contributed by atoms with Gasteiger partial charge in [0.15, 0.2) is 0 Å². The average Bonchev–Trinajstić information content (AvgIpc) is 2.28. The Morgan fingerprint density at radius 2 is 1.80 bits per heavy atom. The maximum absolute atomic E-state index is 9.64. The first-order valence-electron chi connectivity index (χ1n) is 4.66. The molecule has 0 aliphatic rings. The summed E-state index contributed by atoms with van der Waals surface area (Å²) in [7, 11) is 0. The van der Waals surface area contributed by atoms with Crippen LogP contribution in [-0.2, 0) is 0 Å².